The Bertz CT molecular complexity index is 776. The lowest BCUT2D eigenvalue weighted by Crippen LogP contribution is -2.24. The van der Waals surface area contributed by atoms with E-state index < -0.39 is 0 Å². The molecule has 6 nitrogen and oxygen atoms in total. The van der Waals surface area contributed by atoms with Gasteiger partial charge in [-0.25, -0.2) is 5.43 Å². The number of ether oxygens (including phenoxy) is 3. The number of hydrogen-bond acceptors (Lipinski definition) is 5. The van der Waals surface area contributed by atoms with Crippen molar-refractivity contribution in [1.29, 1.82) is 0 Å². The standard InChI is InChI=1S/C19H19BrN2O4/c1-3-10-25-15-6-4-14(5-7-15)12-21-22-19(23)13-26-18-9-8-16(24-2)11-17(18)20/h3-9,11-12H,1,10,13H2,2H3,(H,22,23)/b21-12-. The van der Waals surface area contributed by atoms with Gasteiger partial charge in [0.1, 0.15) is 23.9 Å². The van der Waals surface area contributed by atoms with E-state index in [1.165, 1.54) is 0 Å². The predicted octanol–water partition coefficient (Wildman–Crippen LogP) is 3.55. The molecule has 1 amide bonds. The van der Waals surface area contributed by atoms with Crippen LogP contribution in [0.4, 0.5) is 0 Å². The molecule has 0 radical (unpaired) electrons. The zero-order valence-corrected chi connectivity index (χ0v) is 15.9. The van der Waals surface area contributed by atoms with Crippen molar-refractivity contribution in [2.24, 2.45) is 5.10 Å². The fraction of sp³-hybridized carbons (Fsp3) is 0.158. The lowest BCUT2D eigenvalue weighted by Gasteiger charge is -2.08. The van der Waals surface area contributed by atoms with Crippen LogP contribution in [0.2, 0.25) is 0 Å². The minimum atomic E-state index is -0.366. The van der Waals surface area contributed by atoms with Crippen molar-refractivity contribution in [3.05, 3.63) is 65.2 Å². The van der Waals surface area contributed by atoms with Gasteiger partial charge in [0.2, 0.25) is 0 Å². The Hall–Kier alpha value is -2.80. The van der Waals surface area contributed by atoms with Crippen LogP contribution < -0.4 is 19.6 Å². The number of carbonyl (C=O) groups excluding carboxylic acids is 1. The highest BCUT2D eigenvalue weighted by molar-refractivity contribution is 9.10. The lowest BCUT2D eigenvalue weighted by molar-refractivity contribution is -0.123. The maximum atomic E-state index is 11.8. The van der Waals surface area contributed by atoms with Crippen molar-refractivity contribution in [1.82, 2.24) is 5.43 Å². The molecule has 0 aliphatic heterocycles. The molecule has 0 unspecified atom stereocenters. The van der Waals surface area contributed by atoms with E-state index in [1.54, 1.807) is 37.6 Å². The molecule has 2 rings (SSSR count). The van der Waals surface area contributed by atoms with Gasteiger partial charge in [-0.2, -0.15) is 5.10 Å². The summed E-state index contributed by atoms with van der Waals surface area (Å²) in [6.45, 7) is 3.89. The van der Waals surface area contributed by atoms with Crippen molar-refractivity contribution in [3.8, 4) is 17.2 Å². The molecule has 0 aliphatic rings. The minimum absolute atomic E-state index is 0.156. The van der Waals surface area contributed by atoms with Gasteiger partial charge in [-0.1, -0.05) is 12.7 Å². The Morgan fingerprint density at radius 3 is 2.58 bits per heavy atom. The molecule has 0 saturated heterocycles. The average molecular weight is 419 g/mol. The fourth-order valence-corrected chi connectivity index (χ4v) is 2.36. The monoisotopic (exact) mass is 418 g/mol. The minimum Gasteiger partial charge on any atom is -0.497 e. The molecule has 136 valence electrons. The van der Waals surface area contributed by atoms with E-state index in [2.05, 4.69) is 33.0 Å². The Kier molecular flexibility index (Phi) is 7.70. The van der Waals surface area contributed by atoms with Crippen LogP contribution in [0.3, 0.4) is 0 Å². The van der Waals surface area contributed by atoms with Gasteiger partial charge < -0.3 is 14.2 Å². The highest BCUT2D eigenvalue weighted by Gasteiger charge is 2.06. The van der Waals surface area contributed by atoms with E-state index in [1.807, 2.05) is 24.3 Å². The summed E-state index contributed by atoms with van der Waals surface area (Å²) >= 11 is 3.36. The van der Waals surface area contributed by atoms with Gasteiger partial charge in [-0.05, 0) is 64.0 Å². The van der Waals surface area contributed by atoms with Crippen molar-refractivity contribution in [2.45, 2.75) is 0 Å². The zero-order valence-electron chi connectivity index (χ0n) is 14.3. The van der Waals surface area contributed by atoms with Crippen LogP contribution >= 0.6 is 15.9 Å². The normalized spacial score (nSPS) is 10.4. The molecule has 7 heteroatoms. The number of halogens is 1. The number of hydrogen-bond donors (Lipinski definition) is 1. The summed E-state index contributed by atoms with van der Waals surface area (Å²) in [6, 6.07) is 12.5. The van der Waals surface area contributed by atoms with E-state index in [-0.39, 0.29) is 12.5 Å². The van der Waals surface area contributed by atoms with Crippen molar-refractivity contribution in [2.75, 3.05) is 20.3 Å². The molecule has 0 aromatic heterocycles. The van der Waals surface area contributed by atoms with E-state index in [4.69, 9.17) is 14.2 Å². The number of benzene rings is 2. The summed E-state index contributed by atoms with van der Waals surface area (Å²) in [7, 11) is 1.58. The molecular weight excluding hydrogens is 400 g/mol. The Morgan fingerprint density at radius 2 is 1.92 bits per heavy atom. The van der Waals surface area contributed by atoms with Crippen molar-refractivity contribution >= 4 is 28.1 Å². The van der Waals surface area contributed by atoms with Crippen LogP contribution in [0.15, 0.2) is 64.7 Å². The topological polar surface area (TPSA) is 69.2 Å². The van der Waals surface area contributed by atoms with Gasteiger partial charge >= 0.3 is 0 Å². The number of carbonyl (C=O) groups is 1. The quantitative estimate of drug-likeness (QED) is 0.384. The van der Waals surface area contributed by atoms with Crippen LogP contribution in [0.5, 0.6) is 17.2 Å². The molecule has 0 heterocycles. The Labute approximate surface area is 160 Å². The first-order valence-corrected chi connectivity index (χ1v) is 8.53. The van der Waals surface area contributed by atoms with Crippen LogP contribution in [0.25, 0.3) is 0 Å². The van der Waals surface area contributed by atoms with E-state index in [0.717, 1.165) is 11.3 Å². The second-order valence-electron chi connectivity index (χ2n) is 5.05. The van der Waals surface area contributed by atoms with E-state index in [9.17, 15) is 4.79 Å². The first-order valence-electron chi connectivity index (χ1n) is 7.74. The smallest absolute Gasteiger partial charge is 0.277 e. The number of hydrazone groups is 1. The van der Waals surface area contributed by atoms with E-state index in [0.29, 0.717) is 22.6 Å². The van der Waals surface area contributed by atoms with Gasteiger partial charge in [0, 0.05) is 0 Å². The zero-order chi connectivity index (χ0) is 18.8. The highest BCUT2D eigenvalue weighted by Crippen LogP contribution is 2.28. The molecule has 2 aromatic rings. The summed E-state index contributed by atoms with van der Waals surface area (Å²) in [5, 5.41) is 3.90. The van der Waals surface area contributed by atoms with Gasteiger partial charge in [0.25, 0.3) is 5.91 Å². The third-order valence-corrected chi connectivity index (χ3v) is 3.77. The fourth-order valence-electron chi connectivity index (χ4n) is 1.89. The summed E-state index contributed by atoms with van der Waals surface area (Å²) in [4.78, 5) is 11.8. The molecule has 26 heavy (non-hydrogen) atoms. The van der Waals surface area contributed by atoms with Gasteiger partial charge in [0.15, 0.2) is 6.61 Å². The third-order valence-electron chi connectivity index (χ3n) is 3.15. The van der Waals surface area contributed by atoms with Crippen LogP contribution in [0, 0.1) is 0 Å². The third kappa shape index (κ3) is 6.25. The highest BCUT2D eigenvalue weighted by atomic mass is 79.9. The van der Waals surface area contributed by atoms with Gasteiger partial charge in [-0.3, -0.25) is 4.79 Å². The maximum absolute atomic E-state index is 11.8. The molecule has 0 fully saturated rings. The van der Waals surface area contributed by atoms with Gasteiger partial charge in [0.05, 0.1) is 17.8 Å². The molecule has 0 atom stereocenters. The van der Waals surface area contributed by atoms with Crippen molar-refractivity contribution in [3.63, 3.8) is 0 Å². The first kappa shape index (κ1) is 19.5. The average Bonchev–Trinajstić information content (AvgIpc) is 2.66. The molecule has 0 aliphatic carbocycles. The molecule has 0 saturated carbocycles. The largest absolute Gasteiger partial charge is 0.497 e. The van der Waals surface area contributed by atoms with Crippen LogP contribution in [-0.2, 0) is 4.79 Å². The molecule has 2 aromatic carbocycles. The number of rotatable bonds is 9. The number of nitrogens with zero attached hydrogens (tertiary/aromatic N) is 1. The second kappa shape index (κ2) is 10.2. The number of amides is 1. The SMILES string of the molecule is C=CCOc1ccc(/C=N\NC(=O)COc2ccc(OC)cc2Br)cc1. The first-order chi connectivity index (χ1) is 12.6. The lowest BCUT2D eigenvalue weighted by atomic mass is 10.2. The summed E-state index contributed by atoms with van der Waals surface area (Å²) < 4.78 is 16.6. The Balaban J connectivity index is 1.79. The second-order valence-corrected chi connectivity index (χ2v) is 5.90. The molecular formula is C19H19BrN2O4. The molecule has 1 N–H and O–H groups in total. The summed E-state index contributed by atoms with van der Waals surface area (Å²) in [5.41, 5.74) is 3.24. The van der Waals surface area contributed by atoms with E-state index >= 15 is 0 Å². The molecule has 0 spiro atoms. The predicted molar refractivity (Wildman–Crippen MR) is 104 cm³/mol. The van der Waals surface area contributed by atoms with Crippen molar-refractivity contribution < 1.29 is 19.0 Å². The maximum Gasteiger partial charge on any atom is 0.277 e. The Morgan fingerprint density at radius 1 is 1.19 bits per heavy atom. The molecule has 0 bridgehead atoms. The number of methoxy groups -OCH3 is 1. The summed E-state index contributed by atoms with van der Waals surface area (Å²) in [5.74, 6) is 1.61. The van der Waals surface area contributed by atoms with Gasteiger partial charge in [-0.15, -0.1) is 0 Å². The number of nitrogens with one attached hydrogen (secondary N) is 1. The van der Waals surface area contributed by atoms with Crippen LogP contribution in [-0.4, -0.2) is 32.4 Å². The van der Waals surface area contributed by atoms with Crippen LogP contribution in [0.1, 0.15) is 5.56 Å². The summed E-state index contributed by atoms with van der Waals surface area (Å²) in [6.07, 6.45) is 3.22.